The number of benzene rings is 1. The molecule has 0 aromatic heterocycles. The summed E-state index contributed by atoms with van der Waals surface area (Å²) in [5.74, 6) is -0.381. The fourth-order valence-corrected chi connectivity index (χ4v) is 3.43. The van der Waals surface area contributed by atoms with Gasteiger partial charge in [0.05, 0.1) is 29.6 Å². The molecule has 1 fully saturated rings. The minimum absolute atomic E-state index is 0.0642. The Hall–Kier alpha value is -3.11. The third kappa shape index (κ3) is 6.81. The van der Waals surface area contributed by atoms with Crippen LogP contribution in [0.25, 0.3) is 0 Å². The van der Waals surface area contributed by atoms with Gasteiger partial charge in [0.15, 0.2) is 0 Å². The third-order valence-corrected chi connectivity index (χ3v) is 6.43. The van der Waals surface area contributed by atoms with E-state index in [-0.39, 0.29) is 28.2 Å². The zero-order valence-electron chi connectivity index (χ0n) is 22.4. The van der Waals surface area contributed by atoms with Crippen LogP contribution in [0.1, 0.15) is 58.8 Å². The first-order valence-electron chi connectivity index (χ1n) is 11.6. The van der Waals surface area contributed by atoms with Gasteiger partial charge in [-0.1, -0.05) is 24.3 Å². The lowest BCUT2D eigenvalue weighted by atomic mass is 9.78. The van der Waals surface area contributed by atoms with Crippen molar-refractivity contribution in [3.8, 4) is 5.75 Å². The molecule has 0 aliphatic carbocycles. The summed E-state index contributed by atoms with van der Waals surface area (Å²) in [4.78, 5) is 25.1. The van der Waals surface area contributed by atoms with E-state index in [4.69, 9.17) is 14.0 Å². The number of aldehydes is 1. The van der Waals surface area contributed by atoms with Gasteiger partial charge in [-0.05, 0) is 77.7 Å². The van der Waals surface area contributed by atoms with Gasteiger partial charge in [0.1, 0.15) is 12.0 Å². The van der Waals surface area contributed by atoms with Crippen LogP contribution in [0.5, 0.6) is 5.75 Å². The van der Waals surface area contributed by atoms with Gasteiger partial charge in [-0.15, -0.1) is 0 Å². The lowest BCUT2D eigenvalue weighted by Gasteiger charge is -2.32. The van der Waals surface area contributed by atoms with Crippen molar-refractivity contribution in [2.75, 3.05) is 7.11 Å². The number of nitrogens with one attached hydrogen (secondary N) is 1. The summed E-state index contributed by atoms with van der Waals surface area (Å²) in [5, 5.41) is 2.68. The zero-order chi connectivity index (χ0) is 28.3. The highest BCUT2D eigenvalue weighted by molar-refractivity contribution is 6.62. The normalized spacial score (nSPS) is 17.3. The number of halogens is 3. The fourth-order valence-electron chi connectivity index (χ4n) is 3.43. The number of methoxy groups -OCH3 is 1. The molecule has 2 rings (SSSR count). The van der Waals surface area contributed by atoms with E-state index in [0.29, 0.717) is 17.3 Å². The first-order valence-corrected chi connectivity index (χ1v) is 11.6. The van der Waals surface area contributed by atoms with E-state index in [2.05, 4.69) is 11.9 Å². The summed E-state index contributed by atoms with van der Waals surface area (Å²) in [5.41, 5.74) is -0.567. The van der Waals surface area contributed by atoms with Gasteiger partial charge in [-0.2, -0.15) is 13.2 Å². The monoisotopic (exact) mass is 519 g/mol. The van der Waals surface area contributed by atoms with Crippen molar-refractivity contribution < 1.29 is 36.8 Å². The average molecular weight is 519 g/mol. The van der Waals surface area contributed by atoms with Crippen molar-refractivity contribution in [1.29, 1.82) is 0 Å². The molecule has 1 N–H and O–H groups in total. The summed E-state index contributed by atoms with van der Waals surface area (Å²) >= 11 is 0. The Morgan fingerprint density at radius 3 is 2.11 bits per heavy atom. The van der Waals surface area contributed by atoms with E-state index < -0.39 is 36.0 Å². The van der Waals surface area contributed by atoms with Crippen LogP contribution in [0.2, 0.25) is 0 Å². The van der Waals surface area contributed by atoms with Crippen LogP contribution in [0.4, 0.5) is 13.2 Å². The van der Waals surface area contributed by atoms with Crippen LogP contribution in [0, 0.1) is 0 Å². The standard InChI is InChI=1S/C27H33BF3NO5/c1-16(2)20(12-10-18(4)27(29,30)31)23(17(3)15-33)32-24(34)21-14-19(11-13-22(21)35-9)28-36-25(5,6)26(7,8)37-28/h10-15H,4H2,1-3,5-9H3,(H,32,34)/b12-10-,23-17-. The summed E-state index contributed by atoms with van der Waals surface area (Å²) in [6.07, 6.45) is -2.13. The summed E-state index contributed by atoms with van der Waals surface area (Å²) in [6.45, 7) is 15.4. The Kier molecular flexibility index (Phi) is 9.04. The van der Waals surface area contributed by atoms with Crippen LogP contribution in [-0.2, 0) is 14.1 Å². The number of carbonyl (C=O) groups excluding carboxylic acids is 2. The van der Waals surface area contributed by atoms with Crippen molar-refractivity contribution in [2.45, 2.75) is 65.8 Å². The van der Waals surface area contributed by atoms with Gasteiger partial charge in [0, 0.05) is 11.1 Å². The highest BCUT2D eigenvalue weighted by Gasteiger charge is 2.51. The first-order chi connectivity index (χ1) is 16.9. The highest BCUT2D eigenvalue weighted by Crippen LogP contribution is 2.37. The molecule has 6 nitrogen and oxygen atoms in total. The smallest absolute Gasteiger partial charge is 0.494 e. The molecule has 0 atom stereocenters. The van der Waals surface area contributed by atoms with E-state index in [1.165, 1.54) is 20.1 Å². The Bertz CT molecular complexity index is 1160. The Morgan fingerprint density at radius 1 is 1.08 bits per heavy atom. The second-order valence-electron chi connectivity index (χ2n) is 9.95. The molecular formula is C27H33BF3NO5. The molecule has 1 aromatic rings. The van der Waals surface area contributed by atoms with Crippen LogP contribution < -0.4 is 15.5 Å². The molecule has 0 bridgehead atoms. The van der Waals surface area contributed by atoms with Crippen LogP contribution in [-0.4, -0.2) is 43.8 Å². The number of ether oxygens (including phenoxy) is 1. The summed E-state index contributed by atoms with van der Waals surface area (Å²) in [6, 6.07) is 4.88. The van der Waals surface area contributed by atoms with Crippen molar-refractivity contribution in [3.05, 3.63) is 70.5 Å². The van der Waals surface area contributed by atoms with Crippen molar-refractivity contribution >= 4 is 24.8 Å². The number of carbonyl (C=O) groups is 2. The predicted molar refractivity (Wildman–Crippen MR) is 138 cm³/mol. The number of rotatable bonds is 8. The zero-order valence-corrected chi connectivity index (χ0v) is 22.4. The third-order valence-electron chi connectivity index (χ3n) is 6.43. The van der Waals surface area contributed by atoms with Crippen LogP contribution in [0.15, 0.2) is 64.9 Å². The average Bonchev–Trinajstić information content (AvgIpc) is 3.02. The van der Waals surface area contributed by atoms with Crippen LogP contribution >= 0.6 is 0 Å². The summed E-state index contributed by atoms with van der Waals surface area (Å²) in [7, 11) is 0.667. The van der Waals surface area contributed by atoms with E-state index in [0.717, 1.165) is 6.08 Å². The number of amides is 1. The topological polar surface area (TPSA) is 73.9 Å². The molecule has 0 unspecified atom stereocenters. The van der Waals surface area contributed by atoms with Gasteiger partial charge in [0.25, 0.3) is 5.91 Å². The highest BCUT2D eigenvalue weighted by atomic mass is 19.4. The number of hydrogen-bond acceptors (Lipinski definition) is 5. The van der Waals surface area contributed by atoms with Gasteiger partial charge < -0.3 is 19.4 Å². The molecule has 0 saturated carbocycles. The quantitative estimate of drug-likeness (QED) is 0.221. The first kappa shape index (κ1) is 30.1. The Morgan fingerprint density at radius 2 is 1.65 bits per heavy atom. The summed E-state index contributed by atoms with van der Waals surface area (Å²) < 4.78 is 56.4. The van der Waals surface area contributed by atoms with E-state index in [1.807, 2.05) is 27.7 Å². The number of alkyl halides is 3. The lowest BCUT2D eigenvalue weighted by molar-refractivity contribution is -0.105. The Labute approximate surface area is 216 Å². The van der Waals surface area contributed by atoms with E-state index in [9.17, 15) is 22.8 Å². The molecule has 37 heavy (non-hydrogen) atoms. The largest absolute Gasteiger partial charge is 0.496 e. The molecule has 1 aliphatic rings. The molecule has 200 valence electrons. The van der Waals surface area contributed by atoms with Crippen molar-refractivity contribution in [3.63, 3.8) is 0 Å². The maximum absolute atomic E-state index is 13.4. The second-order valence-corrected chi connectivity index (χ2v) is 9.95. The van der Waals surface area contributed by atoms with Gasteiger partial charge >= 0.3 is 13.3 Å². The molecule has 1 saturated heterocycles. The molecular weight excluding hydrogens is 486 g/mol. The van der Waals surface area contributed by atoms with E-state index >= 15 is 0 Å². The molecule has 1 aliphatic heterocycles. The number of allylic oxidation sites excluding steroid dienone is 5. The minimum Gasteiger partial charge on any atom is -0.496 e. The SMILES string of the molecule is C=C(/C=C\C(=C(C)C)/C(NC(=O)c1cc(B2OC(C)(C)C(C)(C)O2)ccc1OC)=C(\C)C=O)C(F)(F)F. The molecule has 1 heterocycles. The fraction of sp³-hybridized carbons (Fsp3) is 0.407. The predicted octanol–water partition coefficient (Wildman–Crippen LogP) is 5.21. The molecule has 0 radical (unpaired) electrons. The molecule has 1 aromatic carbocycles. The van der Waals surface area contributed by atoms with Gasteiger partial charge in [-0.3, -0.25) is 9.59 Å². The van der Waals surface area contributed by atoms with Crippen molar-refractivity contribution in [1.82, 2.24) is 5.32 Å². The van der Waals surface area contributed by atoms with Crippen molar-refractivity contribution in [2.24, 2.45) is 0 Å². The Balaban J connectivity index is 2.49. The van der Waals surface area contributed by atoms with Crippen LogP contribution in [0.3, 0.4) is 0 Å². The maximum atomic E-state index is 13.4. The second kappa shape index (κ2) is 11.1. The minimum atomic E-state index is -4.61. The molecule has 10 heteroatoms. The van der Waals surface area contributed by atoms with E-state index in [1.54, 1.807) is 32.0 Å². The number of hydrogen-bond donors (Lipinski definition) is 1. The van der Waals surface area contributed by atoms with Gasteiger partial charge in [0.2, 0.25) is 0 Å². The molecule has 1 amide bonds. The molecule has 0 spiro atoms. The maximum Gasteiger partial charge on any atom is 0.494 e. The lowest BCUT2D eigenvalue weighted by Crippen LogP contribution is -2.41. The van der Waals surface area contributed by atoms with Gasteiger partial charge in [-0.25, -0.2) is 0 Å².